The second-order valence-electron chi connectivity index (χ2n) is 4.37. The first-order valence-electron chi connectivity index (χ1n) is 6.38. The fraction of sp³-hybridized carbons (Fsp3) is 0.0667. The summed E-state index contributed by atoms with van der Waals surface area (Å²) in [6.07, 6.45) is 0. The van der Waals surface area contributed by atoms with Crippen LogP contribution in [0.1, 0.15) is 0 Å². The van der Waals surface area contributed by atoms with Crippen molar-refractivity contribution in [1.29, 1.82) is 0 Å². The van der Waals surface area contributed by atoms with Gasteiger partial charge in [-0.25, -0.2) is 0 Å². The lowest BCUT2D eigenvalue weighted by molar-refractivity contribution is -0.121. The van der Waals surface area contributed by atoms with E-state index in [1.807, 2.05) is 36.4 Å². The molecule has 0 aliphatic carbocycles. The molecule has 8 heteroatoms. The lowest BCUT2D eigenvalue weighted by Crippen LogP contribution is -2.37. The smallest absolute Gasteiger partial charge is 0.264 e. The Kier molecular flexibility index (Phi) is 7.01. The van der Waals surface area contributed by atoms with Crippen LogP contribution in [0.15, 0.2) is 55.9 Å². The van der Waals surface area contributed by atoms with Gasteiger partial charge in [0.15, 0.2) is 11.7 Å². The standard InChI is InChI=1S/C15H11Br3N2O2S/c16-9-1-4-11(5-2-9)19-15(23)20-14(21)8-22-13-6-3-10(17)7-12(13)18/h1-7H,8H2,(H2,19,20,21,23). The third kappa shape index (κ3) is 6.21. The molecule has 0 aliphatic rings. The number of amides is 1. The van der Waals surface area contributed by atoms with E-state index in [2.05, 4.69) is 58.4 Å². The van der Waals surface area contributed by atoms with Gasteiger partial charge < -0.3 is 10.1 Å². The van der Waals surface area contributed by atoms with Crippen LogP contribution in [0.3, 0.4) is 0 Å². The fourth-order valence-corrected chi connectivity index (χ4v) is 3.25. The number of nitrogens with one attached hydrogen (secondary N) is 2. The Hall–Kier alpha value is -0.960. The first-order valence-corrected chi connectivity index (χ1v) is 9.17. The molecular weight excluding hydrogens is 512 g/mol. The summed E-state index contributed by atoms with van der Waals surface area (Å²) in [7, 11) is 0. The molecule has 2 aromatic rings. The van der Waals surface area contributed by atoms with Crippen molar-refractivity contribution in [3.05, 3.63) is 55.9 Å². The third-order valence-electron chi connectivity index (χ3n) is 2.61. The molecule has 0 aliphatic heterocycles. The Morgan fingerprint density at radius 1 is 1.04 bits per heavy atom. The molecule has 120 valence electrons. The SMILES string of the molecule is O=C(COc1ccc(Br)cc1Br)NC(=S)Nc1ccc(Br)cc1. The zero-order valence-electron chi connectivity index (χ0n) is 11.6. The molecule has 0 heterocycles. The number of rotatable bonds is 4. The van der Waals surface area contributed by atoms with Gasteiger partial charge in [-0.3, -0.25) is 10.1 Å². The van der Waals surface area contributed by atoms with E-state index >= 15 is 0 Å². The predicted molar refractivity (Wildman–Crippen MR) is 106 cm³/mol. The van der Waals surface area contributed by atoms with Crippen LogP contribution in [0.4, 0.5) is 5.69 Å². The van der Waals surface area contributed by atoms with Crippen LogP contribution >= 0.6 is 60.0 Å². The second kappa shape index (κ2) is 8.77. The molecule has 23 heavy (non-hydrogen) atoms. The summed E-state index contributed by atoms with van der Waals surface area (Å²) < 4.78 is 8.09. The Morgan fingerprint density at radius 2 is 1.70 bits per heavy atom. The molecule has 0 spiro atoms. The Balaban J connectivity index is 1.82. The molecule has 0 saturated heterocycles. The number of halogens is 3. The van der Waals surface area contributed by atoms with Crippen molar-refractivity contribution in [2.75, 3.05) is 11.9 Å². The normalized spacial score (nSPS) is 10.0. The minimum atomic E-state index is -0.338. The first-order chi connectivity index (χ1) is 10.9. The highest BCUT2D eigenvalue weighted by Crippen LogP contribution is 2.28. The maximum absolute atomic E-state index is 11.9. The van der Waals surface area contributed by atoms with E-state index in [1.165, 1.54) is 0 Å². The molecule has 4 nitrogen and oxygen atoms in total. The molecule has 0 unspecified atom stereocenters. The van der Waals surface area contributed by atoms with Gasteiger partial charge in [-0.2, -0.15) is 0 Å². The van der Waals surface area contributed by atoms with Gasteiger partial charge in [0.25, 0.3) is 5.91 Å². The van der Waals surface area contributed by atoms with E-state index in [0.29, 0.717) is 5.75 Å². The van der Waals surface area contributed by atoms with Gasteiger partial charge in [-0.15, -0.1) is 0 Å². The molecule has 0 bridgehead atoms. The number of carbonyl (C=O) groups excluding carboxylic acids is 1. The monoisotopic (exact) mass is 520 g/mol. The molecule has 2 N–H and O–H groups in total. The summed E-state index contributed by atoms with van der Waals surface area (Å²) in [4.78, 5) is 11.9. The van der Waals surface area contributed by atoms with E-state index in [-0.39, 0.29) is 17.6 Å². The molecule has 2 aromatic carbocycles. The number of ether oxygens (including phenoxy) is 1. The average molecular weight is 523 g/mol. The highest BCUT2D eigenvalue weighted by Gasteiger charge is 2.08. The van der Waals surface area contributed by atoms with Crippen molar-refractivity contribution in [3.63, 3.8) is 0 Å². The van der Waals surface area contributed by atoms with Crippen molar-refractivity contribution >= 4 is 76.7 Å². The van der Waals surface area contributed by atoms with Crippen LogP contribution in [-0.4, -0.2) is 17.6 Å². The third-order valence-corrected chi connectivity index (χ3v) is 4.45. The zero-order valence-corrected chi connectivity index (χ0v) is 17.2. The van der Waals surface area contributed by atoms with E-state index in [1.54, 1.807) is 6.07 Å². The molecular formula is C15H11Br3N2O2S. The number of benzene rings is 2. The maximum atomic E-state index is 11.9. The number of hydrogen-bond donors (Lipinski definition) is 2. The number of thiocarbonyl (C=S) groups is 1. The fourth-order valence-electron chi connectivity index (χ4n) is 1.59. The average Bonchev–Trinajstić information content (AvgIpc) is 2.48. The van der Waals surface area contributed by atoms with Gasteiger partial charge in [-0.05, 0) is 70.6 Å². The molecule has 1 amide bonds. The highest BCUT2D eigenvalue weighted by atomic mass is 79.9. The Labute approximate surface area is 164 Å². The lowest BCUT2D eigenvalue weighted by atomic mass is 10.3. The molecule has 0 atom stereocenters. The van der Waals surface area contributed by atoms with Crippen LogP contribution in [0.5, 0.6) is 5.75 Å². The number of carbonyl (C=O) groups is 1. The van der Waals surface area contributed by atoms with Crippen molar-refractivity contribution in [2.24, 2.45) is 0 Å². The van der Waals surface area contributed by atoms with Crippen molar-refractivity contribution < 1.29 is 9.53 Å². The highest BCUT2D eigenvalue weighted by molar-refractivity contribution is 9.11. The maximum Gasteiger partial charge on any atom is 0.264 e. The first kappa shape index (κ1) is 18.4. The summed E-state index contributed by atoms with van der Waals surface area (Å²) in [5.74, 6) is 0.240. The summed E-state index contributed by atoms with van der Waals surface area (Å²) in [5, 5.41) is 5.71. The quantitative estimate of drug-likeness (QED) is 0.563. The molecule has 0 saturated carbocycles. The van der Waals surface area contributed by atoms with Gasteiger partial charge in [0.2, 0.25) is 0 Å². The molecule has 2 rings (SSSR count). The van der Waals surface area contributed by atoms with Gasteiger partial charge >= 0.3 is 0 Å². The van der Waals surface area contributed by atoms with Crippen molar-refractivity contribution in [3.8, 4) is 5.75 Å². The van der Waals surface area contributed by atoms with Crippen molar-refractivity contribution in [1.82, 2.24) is 5.32 Å². The second-order valence-corrected chi connectivity index (χ2v) is 7.47. The molecule has 0 fully saturated rings. The van der Waals surface area contributed by atoms with Gasteiger partial charge in [-0.1, -0.05) is 31.9 Å². The van der Waals surface area contributed by atoms with Crippen LogP contribution < -0.4 is 15.4 Å². The predicted octanol–water partition coefficient (Wildman–Crippen LogP) is 4.87. The van der Waals surface area contributed by atoms with Gasteiger partial charge in [0.1, 0.15) is 5.75 Å². The summed E-state index contributed by atoms with van der Waals surface area (Å²) in [6.45, 7) is -0.137. The number of anilines is 1. The summed E-state index contributed by atoms with van der Waals surface area (Å²) in [5.41, 5.74) is 0.787. The van der Waals surface area contributed by atoms with Crippen LogP contribution in [0, 0.1) is 0 Å². The van der Waals surface area contributed by atoms with Crippen LogP contribution in [-0.2, 0) is 4.79 Å². The summed E-state index contributed by atoms with van der Waals surface area (Å²) >= 11 is 15.2. The largest absolute Gasteiger partial charge is 0.483 e. The molecule has 0 radical (unpaired) electrons. The minimum absolute atomic E-state index is 0.137. The molecule has 0 aromatic heterocycles. The van der Waals surface area contributed by atoms with E-state index in [9.17, 15) is 4.79 Å². The lowest BCUT2D eigenvalue weighted by Gasteiger charge is -2.11. The van der Waals surface area contributed by atoms with Crippen LogP contribution in [0.2, 0.25) is 0 Å². The number of hydrogen-bond acceptors (Lipinski definition) is 3. The van der Waals surface area contributed by atoms with Crippen LogP contribution in [0.25, 0.3) is 0 Å². The Morgan fingerprint density at radius 3 is 2.35 bits per heavy atom. The minimum Gasteiger partial charge on any atom is -0.483 e. The summed E-state index contributed by atoms with van der Waals surface area (Å²) in [6, 6.07) is 12.9. The topological polar surface area (TPSA) is 50.4 Å². The zero-order chi connectivity index (χ0) is 16.8. The van der Waals surface area contributed by atoms with E-state index < -0.39 is 0 Å². The van der Waals surface area contributed by atoms with Crippen molar-refractivity contribution in [2.45, 2.75) is 0 Å². The van der Waals surface area contributed by atoms with E-state index in [0.717, 1.165) is 19.1 Å². The van der Waals surface area contributed by atoms with Gasteiger partial charge in [0.05, 0.1) is 4.47 Å². The Bertz CT molecular complexity index is 723. The van der Waals surface area contributed by atoms with E-state index in [4.69, 9.17) is 17.0 Å². The van der Waals surface area contributed by atoms with Gasteiger partial charge in [0, 0.05) is 14.6 Å².